The second kappa shape index (κ2) is 10.1. The number of benzene rings is 1. The Balaban J connectivity index is 1.00. The number of pyridine rings is 2. The van der Waals surface area contributed by atoms with Crippen LogP contribution < -0.4 is 4.74 Å². The number of rotatable bonds is 9. The molecule has 2 saturated heterocycles. The lowest BCUT2D eigenvalue weighted by atomic mass is 10.1. The molecule has 0 radical (unpaired) electrons. The Morgan fingerprint density at radius 1 is 1.12 bits per heavy atom. The zero-order valence-corrected chi connectivity index (χ0v) is 22.3. The predicted octanol–water partition coefficient (Wildman–Crippen LogP) is 4.21. The molecular weight excluding hydrogens is 537 g/mol. The number of ether oxygens (including phenoxy) is 2. The van der Waals surface area contributed by atoms with Crippen molar-refractivity contribution in [3.05, 3.63) is 82.1 Å². The van der Waals surface area contributed by atoms with Crippen molar-refractivity contribution in [2.45, 2.75) is 38.1 Å². The minimum Gasteiger partial charge on any atom is -0.477 e. The molecule has 0 amide bonds. The van der Waals surface area contributed by atoms with Gasteiger partial charge in [0.05, 0.1) is 19.2 Å². The standard InChI is InChI=1S/C29H27ClFN5O4/c30-17-5-4-16(22(31)11-17)10-18-2-1-3-26(32-18)40-27-20-13-35(14-21(20)27)15-25-33-23-6-7-24(29(37)38)34-28(23)36(25)12-19-8-9-39-19/h1-7,11,19-21,27H,8-10,12-15H2,(H,37,38). The summed E-state index contributed by atoms with van der Waals surface area (Å²) in [5, 5.41) is 9.79. The predicted molar refractivity (Wildman–Crippen MR) is 144 cm³/mol. The van der Waals surface area contributed by atoms with E-state index in [2.05, 4.69) is 14.9 Å². The number of aromatic carboxylic acids is 1. The van der Waals surface area contributed by atoms with Crippen molar-refractivity contribution in [3.8, 4) is 5.88 Å². The van der Waals surface area contributed by atoms with E-state index in [1.807, 2.05) is 22.8 Å². The number of hydrogen-bond donors (Lipinski definition) is 1. The van der Waals surface area contributed by atoms with E-state index in [1.54, 1.807) is 18.2 Å². The zero-order chi connectivity index (χ0) is 27.4. The molecule has 0 bridgehead atoms. The first-order chi connectivity index (χ1) is 19.4. The molecular formula is C29H27ClFN5O4. The molecule has 9 nitrogen and oxygen atoms in total. The molecule has 0 spiro atoms. The van der Waals surface area contributed by atoms with Crippen molar-refractivity contribution in [1.29, 1.82) is 0 Å². The van der Waals surface area contributed by atoms with E-state index >= 15 is 0 Å². The average Bonchev–Trinajstić information content (AvgIpc) is 3.21. The Hall–Kier alpha value is -3.60. The van der Waals surface area contributed by atoms with Gasteiger partial charge in [-0.25, -0.2) is 24.1 Å². The molecule has 3 aromatic heterocycles. The number of hydrogen-bond acceptors (Lipinski definition) is 7. The molecule has 40 heavy (non-hydrogen) atoms. The van der Waals surface area contributed by atoms with Crippen molar-refractivity contribution >= 4 is 28.7 Å². The molecule has 3 aliphatic rings. The van der Waals surface area contributed by atoms with Crippen molar-refractivity contribution in [1.82, 2.24) is 24.4 Å². The van der Waals surface area contributed by atoms with E-state index in [0.29, 0.717) is 59.0 Å². The highest BCUT2D eigenvalue weighted by atomic mass is 35.5. The Morgan fingerprint density at radius 2 is 1.95 bits per heavy atom. The lowest BCUT2D eigenvalue weighted by molar-refractivity contribution is -0.0592. The van der Waals surface area contributed by atoms with E-state index in [9.17, 15) is 14.3 Å². The molecule has 3 atom stereocenters. The molecule has 4 aromatic rings. The molecule has 11 heteroatoms. The van der Waals surface area contributed by atoms with E-state index in [0.717, 1.165) is 37.6 Å². The Bertz CT molecular complexity index is 1600. The molecule has 1 aromatic carbocycles. The van der Waals surface area contributed by atoms with Crippen LogP contribution in [0.4, 0.5) is 4.39 Å². The topological polar surface area (TPSA) is 103 Å². The summed E-state index contributed by atoms with van der Waals surface area (Å²) in [6, 6.07) is 13.5. The fourth-order valence-corrected chi connectivity index (χ4v) is 5.96. The van der Waals surface area contributed by atoms with Crippen LogP contribution in [0.1, 0.15) is 34.0 Å². The van der Waals surface area contributed by atoms with E-state index in [-0.39, 0.29) is 23.7 Å². The molecule has 3 fully saturated rings. The highest BCUT2D eigenvalue weighted by Gasteiger charge is 2.58. The quantitative estimate of drug-likeness (QED) is 0.323. The number of carboxylic acid groups (broad SMARTS) is 1. The van der Waals surface area contributed by atoms with Crippen molar-refractivity contribution in [2.75, 3.05) is 19.7 Å². The molecule has 1 aliphatic carbocycles. The zero-order valence-electron chi connectivity index (χ0n) is 21.5. The summed E-state index contributed by atoms with van der Waals surface area (Å²) in [6.07, 6.45) is 1.53. The summed E-state index contributed by atoms with van der Waals surface area (Å²) in [5.74, 6) is 0.833. The maximum atomic E-state index is 14.2. The first-order valence-electron chi connectivity index (χ1n) is 13.4. The van der Waals surface area contributed by atoms with Crippen molar-refractivity contribution in [3.63, 3.8) is 0 Å². The van der Waals surface area contributed by atoms with Gasteiger partial charge in [0.2, 0.25) is 5.88 Å². The smallest absolute Gasteiger partial charge is 0.354 e. The summed E-state index contributed by atoms with van der Waals surface area (Å²) in [7, 11) is 0. The number of carbonyl (C=O) groups is 1. The van der Waals surface area contributed by atoms with Gasteiger partial charge in [-0.3, -0.25) is 4.90 Å². The summed E-state index contributed by atoms with van der Waals surface area (Å²) in [5.41, 5.74) is 2.56. The minimum atomic E-state index is -1.06. The minimum absolute atomic E-state index is 0.00751. The second-order valence-corrected chi connectivity index (χ2v) is 11.2. The van der Waals surface area contributed by atoms with E-state index in [1.165, 1.54) is 12.1 Å². The SMILES string of the molecule is O=C(O)c1ccc2nc(CN3CC4C(C3)C4Oc3cccc(Cc4ccc(Cl)cc4F)n3)n(CC3CCO3)c2n1. The Morgan fingerprint density at radius 3 is 2.67 bits per heavy atom. The first-order valence-corrected chi connectivity index (χ1v) is 13.8. The van der Waals surface area contributed by atoms with Gasteiger partial charge in [0.25, 0.3) is 0 Å². The van der Waals surface area contributed by atoms with E-state index in [4.69, 9.17) is 26.1 Å². The monoisotopic (exact) mass is 563 g/mol. The van der Waals surface area contributed by atoms with Gasteiger partial charge in [0, 0.05) is 54.7 Å². The molecule has 1 N–H and O–H groups in total. The van der Waals surface area contributed by atoms with Crippen LogP contribution in [-0.4, -0.2) is 67.4 Å². The van der Waals surface area contributed by atoms with Gasteiger partial charge in [-0.2, -0.15) is 0 Å². The Labute approximate surface area is 234 Å². The lowest BCUT2D eigenvalue weighted by Crippen LogP contribution is -2.33. The average molecular weight is 564 g/mol. The number of nitrogens with zero attached hydrogens (tertiary/aromatic N) is 5. The van der Waals surface area contributed by atoms with Crippen LogP contribution in [0, 0.1) is 17.7 Å². The van der Waals surface area contributed by atoms with Gasteiger partial charge in [-0.1, -0.05) is 23.7 Å². The third kappa shape index (κ3) is 4.91. The number of piperidine rings is 1. The van der Waals surface area contributed by atoms with Crippen LogP contribution >= 0.6 is 11.6 Å². The maximum Gasteiger partial charge on any atom is 0.354 e. The normalized spacial score (nSPS) is 23.6. The third-order valence-corrected chi connectivity index (χ3v) is 8.29. The number of fused-ring (bicyclic) bond motifs is 2. The highest BCUT2D eigenvalue weighted by Crippen LogP contribution is 2.48. The fourth-order valence-electron chi connectivity index (χ4n) is 5.80. The summed E-state index contributed by atoms with van der Waals surface area (Å²) >= 11 is 5.87. The van der Waals surface area contributed by atoms with Gasteiger partial charge >= 0.3 is 5.97 Å². The van der Waals surface area contributed by atoms with Gasteiger partial charge < -0.3 is 19.1 Å². The molecule has 7 rings (SSSR count). The number of carboxylic acids is 1. The van der Waals surface area contributed by atoms with Crippen LogP contribution in [0.3, 0.4) is 0 Å². The van der Waals surface area contributed by atoms with Gasteiger partial charge in [0.1, 0.15) is 23.3 Å². The Kier molecular flexibility index (Phi) is 6.41. The number of halogens is 2. The number of imidazole rings is 1. The van der Waals surface area contributed by atoms with E-state index < -0.39 is 5.97 Å². The highest BCUT2D eigenvalue weighted by molar-refractivity contribution is 6.30. The summed E-state index contributed by atoms with van der Waals surface area (Å²) in [6.45, 7) is 3.75. The lowest BCUT2D eigenvalue weighted by Gasteiger charge is -2.28. The van der Waals surface area contributed by atoms with Gasteiger partial charge in [-0.05, 0) is 42.3 Å². The molecule has 2 aliphatic heterocycles. The number of aromatic nitrogens is 4. The maximum absolute atomic E-state index is 14.2. The summed E-state index contributed by atoms with van der Waals surface area (Å²) in [4.78, 5) is 27.7. The van der Waals surface area contributed by atoms with Crippen LogP contribution in [0.25, 0.3) is 11.2 Å². The van der Waals surface area contributed by atoms with Gasteiger partial charge in [0.15, 0.2) is 11.3 Å². The second-order valence-electron chi connectivity index (χ2n) is 10.7. The molecule has 206 valence electrons. The van der Waals surface area contributed by atoms with Crippen LogP contribution in [0.15, 0.2) is 48.5 Å². The van der Waals surface area contributed by atoms with Crippen molar-refractivity contribution < 1.29 is 23.8 Å². The van der Waals surface area contributed by atoms with Crippen LogP contribution in [0.2, 0.25) is 5.02 Å². The first kappa shape index (κ1) is 25.4. The fraction of sp³-hybridized carbons (Fsp3) is 0.379. The molecule has 1 saturated carbocycles. The van der Waals surface area contributed by atoms with Gasteiger partial charge in [-0.15, -0.1) is 0 Å². The molecule has 5 heterocycles. The largest absolute Gasteiger partial charge is 0.477 e. The van der Waals surface area contributed by atoms with Crippen molar-refractivity contribution in [2.24, 2.45) is 11.8 Å². The number of likely N-dealkylation sites (tertiary alicyclic amines) is 1. The molecule has 3 unspecified atom stereocenters. The third-order valence-electron chi connectivity index (χ3n) is 8.05. The van der Waals surface area contributed by atoms with Crippen LogP contribution in [-0.2, 0) is 24.2 Å². The summed E-state index contributed by atoms with van der Waals surface area (Å²) < 4.78 is 28.1. The van der Waals surface area contributed by atoms with Crippen LogP contribution in [0.5, 0.6) is 5.88 Å².